The molecule has 34 heavy (non-hydrogen) atoms. The Bertz CT molecular complexity index is 1580. The van der Waals surface area contributed by atoms with Crippen molar-refractivity contribution in [3.05, 3.63) is 94.3 Å². The molecule has 5 rings (SSSR count). The molecular weight excluding hydrogens is 466 g/mol. The molecule has 0 radical (unpaired) electrons. The number of rotatable bonds is 5. The van der Waals surface area contributed by atoms with Gasteiger partial charge in [-0.1, -0.05) is 29.8 Å². The van der Waals surface area contributed by atoms with Crippen LogP contribution in [-0.2, 0) is 0 Å². The van der Waals surface area contributed by atoms with Gasteiger partial charge in [0.05, 0.1) is 28.8 Å². The van der Waals surface area contributed by atoms with Gasteiger partial charge in [0.25, 0.3) is 0 Å². The zero-order valence-electron chi connectivity index (χ0n) is 17.5. The molecule has 2 heterocycles. The van der Waals surface area contributed by atoms with Crippen molar-refractivity contribution >= 4 is 44.8 Å². The Morgan fingerprint density at radius 1 is 0.853 bits per heavy atom. The predicted molar refractivity (Wildman–Crippen MR) is 134 cm³/mol. The van der Waals surface area contributed by atoms with Gasteiger partial charge in [-0.05, 0) is 65.5 Å². The SMILES string of the molecule is N#Cc1ccc(Nc2nc(Oc3ccc(-c4ccc(C#N)cc4Cl)cc3)c3sccc3n2)cc1. The largest absolute Gasteiger partial charge is 0.437 e. The summed E-state index contributed by atoms with van der Waals surface area (Å²) in [6.45, 7) is 0. The van der Waals surface area contributed by atoms with E-state index in [0.29, 0.717) is 33.7 Å². The first-order valence-corrected chi connectivity index (χ1v) is 11.4. The fraction of sp³-hybridized carbons (Fsp3) is 0. The Kier molecular flexibility index (Phi) is 5.80. The third kappa shape index (κ3) is 4.39. The number of ether oxygens (including phenoxy) is 1. The summed E-state index contributed by atoms with van der Waals surface area (Å²) in [5.74, 6) is 1.46. The fourth-order valence-corrected chi connectivity index (χ4v) is 4.40. The number of nitrogens with one attached hydrogen (secondary N) is 1. The molecule has 162 valence electrons. The maximum atomic E-state index is 9.03. The number of fused-ring (bicyclic) bond motifs is 1. The van der Waals surface area contributed by atoms with Crippen LogP contribution in [0.4, 0.5) is 11.6 Å². The molecule has 0 fully saturated rings. The van der Waals surface area contributed by atoms with E-state index in [-0.39, 0.29) is 0 Å². The van der Waals surface area contributed by atoms with E-state index in [4.69, 9.17) is 26.9 Å². The maximum Gasteiger partial charge on any atom is 0.242 e. The summed E-state index contributed by atoms with van der Waals surface area (Å²) in [7, 11) is 0. The van der Waals surface area contributed by atoms with Crippen molar-refractivity contribution in [1.29, 1.82) is 10.5 Å². The number of hydrogen-bond acceptors (Lipinski definition) is 7. The third-order valence-electron chi connectivity index (χ3n) is 5.02. The molecular formula is C26H14ClN5OS. The monoisotopic (exact) mass is 479 g/mol. The molecule has 0 amide bonds. The first kappa shape index (κ1) is 21.4. The molecule has 2 aromatic heterocycles. The van der Waals surface area contributed by atoms with Gasteiger partial charge in [0, 0.05) is 16.3 Å². The summed E-state index contributed by atoms with van der Waals surface area (Å²) in [6.07, 6.45) is 0. The van der Waals surface area contributed by atoms with Gasteiger partial charge in [-0.25, -0.2) is 4.98 Å². The van der Waals surface area contributed by atoms with E-state index in [1.54, 1.807) is 36.4 Å². The Morgan fingerprint density at radius 2 is 1.59 bits per heavy atom. The van der Waals surface area contributed by atoms with Gasteiger partial charge in [-0.2, -0.15) is 15.5 Å². The van der Waals surface area contributed by atoms with Crippen LogP contribution < -0.4 is 10.1 Å². The van der Waals surface area contributed by atoms with Crippen molar-refractivity contribution in [2.45, 2.75) is 0 Å². The average molecular weight is 480 g/mol. The van der Waals surface area contributed by atoms with Crippen molar-refractivity contribution in [2.24, 2.45) is 0 Å². The normalized spacial score (nSPS) is 10.4. The second-order valence-corrected chi connectivity index (χ2v) is 8.56. The summed E-state index contributed by atoms with van der Waals surface area (Å²) in [4.78, 5) is 9.13. The van der Waals surface area contributed by atoms with Gasteiger partial charge in [-0.3, -0.25) is 0 Å². The van der Waals surface area contributed by atoms with Crippen molar-refractivity contribution in [2.75, 3.05) is 5.32 Å². The lowest BCUT2D eigenvalue weighted by molar-refractivity contribution is 0.470. The van der Waals surface area contributed by atoms with Crippen molar-refractivity contribution in [1.82, 2.24) is 9.97 Å². The molecule has 0 unspecified atom stereocenters. The molecule has 0 aliphatic heterocycles. The fourth-order valence-electron chi connectivity index (χ4n) is 3.35. The highest BCUT2D eigenvalue weighted by atomic mass is 35.5. The molecule has 6 nitrogen and oxygen atoms in total. The third-order valence-corrected chi connectivity index (χ3v) is 6.22. The zero-order chi connectivity index (χ0) is 23.5. The number of nitrogens with zero attached hydrogens (tertiary/aromatic N) is 4. The molecule has 0 spiro atoms. The second-order valence-electron chi connectivity index (χ2n) is 7.23. The van der Waals surface area contributed by atoms with E-state index < -0.39 is 0 Å². The number of aromatic nitrogens is 2. The highest BCUT2D eigenvalue weighted by molar-refractivity contribution is 7.17. The molecule has 0 atom stereocenters. The molecule has 0 aliphatic carbocycles. The molecule has 3 aromatic carbocycles. The lowest BCUT2D eigenvalue weighted by atomic mass is 10.0. The van der Waals surface area contributed by atoms with Crippen LogP contribution in [-0.4, -0.2) is 9.97 Å². The van der Waals surface area contributed by atoms with Crippen LogP contribution in [0, 0.1) is 22.7 Å². The summed E-state index contributed by atoms with van der Waals surface area (Å²) < 4.78 is 6.96. The maximum absolute atomic E-state index is 9.03. The number of benzene rings is 3. The Hall–Kier alpha value is -4.43. The van der Waals surface area contributed by atoms with Crippen molar-refractivity contribution in [3.8, 4) is 34.9 Å². The highest BCUT2D eigenvalue weighted by Gasteiger charge is 2.13. The topological polar surface area (TPSA) is 94.6 Å². The number of hydrogen-bond donors (Lipinski definition) is 1. The number of nitriles is 2. The first-order valence-electron chi connectivity index (χ1n) is 10.1. The van der Waals surface area contributed by atoms with Crippen LogP contribution in [0.3, 0.4) is 0 Å². The van der Waals surface area contributed by atoms with Gasteiger partial charge < -0.3 is 10.1 Å². The van der Waals surface area contributed by atoms with Crippen molar-refractivity contribution in [3.63, 3.8) is 0 Å². The Morgan fingerprint density at radius 3 is 2.29 bits per heavy atom. The Balaban J connectivity index is 1.41. The lowest BCUT2D eigenvalue weighted by Gasteiger charge is -2.10. The number of anilines is 2. The van der Waals surface area contributed by atoms with E-state index in [1.165, 1.54) is 11.3 Å². The van der Waals surface area contributed by atoms with Gasteiger partial charge in [0.15, 0.2) is 0 Å². The minimum atomic E-state index is 0.395. The van der Waals surface area contributed by atoms with Crippen molar-refractivity contribution < 1.29 is 4.74 Å². The minimum absolute atomic E-state index is 0.395. The summed E-state index contributed by atoms with van der Waals surface area (Å²) in [6, 6.07) is 25.9. The molecule has 0 saturated heterocycles. The number of halogens is 1. The first-order chi connectivity index (χ1) is 16.6. The second kappa shape index (κ2) is 9.21. The predicted octanol–water partition coefficient (Wildman–Crippen LogP) is 7.29. The van der Waals surface area contributed by atoms with Crippen LogP contribution in [0.1, 0.15) is 11.1 Å². The smallest absolute Gasteiger partial charge is 0.242 e. The highest BCUT2D eigenvalue weighted by Crippen LogP contribution is 2.35. The van der Waals surface area contributed by atoms with Gasteiger partial charge in [-0.15, -0.1) is 11.3 Å². The van der Waals surface area contributed by atoms with E-state index in [1.807, 2.05) is 41.8 Å². The molecule has 5 aromatic rings. The van der Waals surface area contributed by atoms with E-state index in [9.17, 15) is 0 Å². The summed E-state index contributed by atoms with van der Waals surface area (Å²) in [5, 5.41) is 23.6. The number of thiophene rings is 1. The van der Waals surface area contributed by atoms with Gasteiger partial charge >= 0.3 is 0 Å². The van der Waals surface area contributed by atoms with Gasteiger partial charge in [0.1, 0.15) is 10.4 Å². The van der Waals surface area contributed by atoms with Crippen LogP contribution >= 0.6 is 22.9 Å². The molecule has 0 bridgehead atoms. The molecule has 8 heteroatoms. The molecule has 0 aliphatic rings. The van der Waals surface area contributed by atoms with Crippen LogP contribution in [0.5, 0.6) is 11.6 Å². The minimum Gasteiger partial charge on any atom is -0.437 e. The van der Waals surface area contributed by atoms with E-state index >= 15 is 0 Å². The van der Waals surface area contributed by atoms with E-state index in [0.717, 1.165) is 27.0 Å². The van der Waals surface area contributed by atoms with E-state index in [2.05, 4.69) is 27.4 Å². The Labute approximate surface area is 204 Å². The molecule has 0 saturated carbocycles. The molecule has 1 N–H and O–H groups in total. The average Bonchev–Trinajstić information content (AvgIpc) is 3.34. The quantitative estimate of drug-likeness (QED) is 0.284. The summed E-state index contributed by atoms with van der Waals surface area (Å²) >= 11 is 7.85. The lowest BCUT2D eigenvalue weighted by Crippen LogP contribution is -1.99. The van der Waals surface area contributed by atoms with Crippen LogP contribution in [0.25, 0.3) is 21.3 Å². The summed E-state index contributed by atoms with van der Waals surface area (Å²) in [5.41, 5.74) is 4.38. The zero-order valence-corrected chi connectivity index (χ0v) is 19.1. The van der Waals surface area contributed by atoms with Crippen LogP contribution in [0.15, 0.2) is 78.2 Å². The van der Waals surface area contributed by atoms with Crippen LogP contribution in [0.2, 0.25) is 5.02 Å². The standard InChI is InChI=1S/C26H14ClN5OS/c27-22-13-17(15-29)3-10-21(22)18-4-8-20(9-5-18)33-25-24-23(11-12-34-24)31-26(32-25)30-19-6-1-16(14-28)2-7-19/h1-13H,(H,30,31,32). The van der Waals surface area contributed by atoms with Gasteiger partial charge in [0.2, 0.25) is 11.8 Å².